The lowest BCUT2D eigenvalue weighted by molar-refractivity contribution is 1.49. The first kappa shape index (κ1) is 10.3. The van der Waals surface area contributed by atoms with Gasteiger partial charge in [0.05, 0.1) is 0 Å². The van der Waals surface area contributed by atoms with Gasteiger partial charge in [0.1, 0.15) is 5.69 Å². The largest absolute Gasteiger partial charge is 0.145 e. The first-order valence-corrected chi connectivity index (χ1v) is 5.05. The number of nitroso groups, excluding NO2 is 1. The first-order chi connectivity index (χ1) is 7.88. The summed E-state index contributed by atoms with van der Waals surface area (Å²) in [5.41, 5.74) is 2.66. The molecule has 0 saturated heterocycles. The molecule has 0 aliphatic heterocycles. The zero-order valence-corrected chi connectivity index (χ0v) is 8.71. The zero-order valence-electron chi connectivity index (χ0n) is 8.71. The lowest BCUT2D eigenvalue weighted by atomic mass is 10.1. The maximum Gasteiger partial charge on any atom is 0.108 e. The van der Waals surface area contributed by atoms with Crippen molar-refractivity contribution in [2.24, 2.45) is 5.18 Å². The molecular weight excluding hydrogens is 198 g/mol. The Bertz CT molecular complexity index is 486. The van der Waals surface area contributed by atoms with Gasteiger partial charge in [0.15, 0.2) is 0 Å². The Morgan fingerprint density at radius 1 is 0.750 bits per heavy atom. The third kappa shape index (κ3) is 2.64. The van der Waals surface area contributed by atoms with Crippen molar-refractivity contribution in [3.63, 3.8) is 0 Å². The number of hydrogen-bond acceptors (Lipinski definition) is 2. The minimum absolute atomic E-state index is 0.455. The van der Waals surface area contributed by atoms with Gasteiger partial charge in [-0.3, -0.25) is 0 Å². The molecule has 0 radical (unpaired) electrons. The number of hydrogen-bond donors (Lipinski definition) is 0. The van der Waals surface area contributed by atoms with Gasteiger partial charge in [0, 0.05) is 0 Å². The van der Waals surface area contributed by atoms with Crippen LogP contribution in [0.25, 0.3) is 12.2 Å². The average Bonchev–Trinajstić information content (AvgIpc) is 2.38. The van der Waals surface area contributed by atoms with Gasteiger partial charge in [0.2, 0.25) is 0 Å². The molecule has 2 aromatic rings. The van der Waals surface area contributed by atoms with E-state index in [0.29, 0.717) is 5.69 Å². The second-order valence-electron chi connectivity index (χ2n) is 3.43. The first-order valence-electron chi connectivity index (χ1n) is 5.05. The molecule has 2 rings (SSSR count). The van der Waals surface area contributed by atoms with E-state index in [0.717, 1.165) is 11.1 Å². The Labute approximate surface area is 94.2 Å². The van der Waals surface area contributed by atoms with Crippen molar-refractivity contribution >= 4 is 17.8 Å². The molecule has 0 atom stereocenters. The Morgan fingerprint density at radius 2 is 1.31 bits per heavy atom. The molecule has 2 aromatic carbocycles. The molecule has 0 amide bonds. The van der Waals surface area contributed by atoms with E-state index in [4.69, 9.17) is 0 Å². The standard InChI is InChI=1S/C14H11NO/c16-15-14-10-8-13(9-11-14)7-6-12-4-2-1-3-5-12/h1-11H/b7-6-. The van der Waals surface area contributed by atoms with E-state index >= 15 is 0 Å². The van der Waals surface area contributed by atoms with Crippen molar-refractivity contribution in [1.82, 2.24) is 0 Å². The molecule has 2 heteroatoms. The normalized spacial score (nSPS) is 10.5. The highest BCUT2D eigenvalue weighted by Crippen LogP contribution is 2.14. The van der Waals surface area contributed by atoms with Crippen LogP contribution >= 0.6 is 0 Å². The molecule has 0 aromatic heterocycles. The van der Waals surface area contributed by atoms with E-state index in [1.165, 1.54) is 0 Å². The molecule has 0 unspecified atom stereocenters. The summed E-state index contributed by atoms with van der Waals surface area (Å²) in [6, 6.07) is 17.2. The van der Waals surface area contributed by atoms with E-state index in [9.17, 15) is 4.91 Å². The quantitative estimate of drug-likeness (QED) is 0.548. The summed E-state index contributed by atoms with van der Waals surface area (Å²) >= 11 is 0. The Kier molecular flexibility index (Phi) is 3.24. The molecule has 0 N–H and O–H groups in total. The van der Waals surface area contributed by atoms with Crippen LogP contribution in [0.3, 0.4) is 0 Å². The van der Waals surface area contributed by atoms with Crippen molar-refractivity contribution in [2.75, 3.05) is 0 Å². The summed E-state index contributed by atoms with van der Waals surface area (Å²) in [4.78, 5) is 10.2. The fourth-order valence-corrected chi connectivity index (χ4v) is 1.40. The van der Waals surface area contributed by atoms with E-state index in [-0.39, 0.29) is 0 Å². The van der Waals surface area contributed by atoms with Crippen molar-refractivity contribution < 1.29 is 0 Å². The number of benzene rings is 2. The van der Waals surface area contributed by atoms with Gasteiger partial charge >= 0.3 is 0 Å². The predicted molar refractivity (Wildman–Crippen MR) is 67.3 cm³/mol. The van der Waals surface area contributed by atoms with Gasteiger partial charge in [-0.15, -0.1) is 4.91 Å². The second-order valence-corrected chi connectivity index (χ2v) is 3.43. The molecule has 0 fully saturated rings. The Hall–Kier alpha value is -2.22. The van der Waals surface area contributed by atoms with Gasteiger partial charge < -0.3 is 0 Å². The lowest BCUT2D eigenvalue weighted by Crippen LogP contribution is -1.71. The van der Waals surface area contributed by atoms with Crippen LogP contribution < -0.4 is 0 Å². The molecule has 16 heavy (non-hydrogen) atoms. The molecule has 0 aliphatic carbocycles. The third-order valence-corrected chi connectivity index (χ3v) is 2.27. The van der Waals surface area contributed by atoms with Gasteiger partial charge in [0.25, 0.3) is 0 Å². The number of rotatable bonds is 3. The highest BCUT2D eigenvalue weighted by atomic mass is 16.3. The van der Waals surface area contributed by atoms with Gasteiger partial charge in [-0.1, -0.05) is 54.6 Å². The number of nitrogens with zero attached hydrogens (tertiary/aromatic N) is 1. The summed E-state index contributed by atoms with van der Waals surface area (Å²) < 4.78 is 0. The van der Waals surface area contributed by atoms with Crippen molar-refractivity contribution in [3.05, 3.63) is 70.6 Å². The topological polar surface area (TPSA) is 29.4 Å². The van der Waals surface area contributed by atoms with Gasteiger partial charge in [-0.2, -0.15) is 0 Å². The van der Waals surface area contributed by atoms with Gasteiger partial charge in [-0.25, -0.2) is 0 Å². The van der Waals surface area contributed by atoms with Crippen molar-refractivity contribution in [2.45, 2.75) is 0 Å². The van der Waals surface area contributed by atoms with Crippen LogP contribution in [0, 0.1) is 4.91 Å². The van der Waals surface area contributed by atoms with E-state index in [2.05, 4.69) is 5.18 Å². The molecule has 0 aliphatic rings. The molecule has 78 valence electrons. The van der Waals surface area contributed by atoms with E-state index in [1.807, 2.05) is 54.6 Å². The predicted octanol–water partition coefficient (Wildman–Crippen LogP) is 4.25. The van der Waals surface area contributed by atoms with Crippen LogP contribution in [0.4, 0.5) is 5.69 Å². The molecule has 0 spiro atoms. The lowest BCUT2D eigenvalue weighted by Gasteiger charge is -1.94. The van der Waals surface area contributed by atoms with Crippen LogP contribution in [-0.4, -0.2) is 0 Å². The summed E-state index contributed by atoms with van der Waals surface area (Å²) in [5, 5.41) is 2.86. The third-order valence-electron chi connectivity index (χ3n) is 2.27. The molecular formula is C14H11NO. The second kappa shape index (κ2) is 5.03. The van der Waals surface area contributed by atoms with Crippen molar-refractivity contribution in [3.8, 4) is 0 Å². The summed E-state index contributed by atoms with van der Waals surface area (Å²) in [7, 11) is 0. The average molecular weight is 209 g/mol. The van der Waals surface area contributed by atoms with Crippen LogP contribution in [-0.2, 0) is 0 Å². The minimum atomic E-state index is 0.455. The zero-order chi connectivity index (χ0) is 11.2. The summed E-state index contributed by atoms with van der Waals surface area (Å²) in [6.07, 6.45) is 4.03. The van der Waals surface area contributed by atoms with Crippen LogP contribution in [0.5, 0.6) is 0 Å². The summed E-state index contributed by atoms with van der Waals surface area (Å²) in [5.74, 6) is 0. The minimum Gasteiger partial charge on any atom is -0.145 e. The molecule has 0 saturated carbocycles. The van der Waals surface area contributed by atoms with E-state index in [1.54, 1.807) is 12.1 Å². The Balaban J connectivity index is 2.14. The Morgan fingerprint density at radius 3 is 1.88 bits per heavy atom. The monoisotopic (exact) mass is 209 g/mol. The smallest absolute Gasteiger partial charge is 0.108 e. The SMILES string of the molecule is O=Nc1ccc(/C=C\c2ccccc2)cc1. The van der Waals surface area contributed by atoms with Crippen LogP contribution in [0.15, 0.2) is 59.8 Å². The maximum absolute atomic E-state index is 10.2. The molecule has 2 nitrogen and oxygen atoms in total. The van der Waals surface area contributed by atoms with E-state index < -0.39 is 0 Å². The van der Waals surface area contributed by atoms with Crippen molar-refractivity contribution in [1.29, 1.82) is 0 Å². The van der Waals surface area contributed by atoms with Crippen LogP contribution in [0.2, 0.25) is 0 Å². The van der Waals surface area contributed by atoms with Crippen LogP contribution in [0.1, 0.15) is 11.1 Å². The fourth-order valence-electron chi connectivity index (χ4n) is 1.40. The summed E-state index contributed by atoms with van der Waals surface area (Å²) in [6.45, 7) is 0. The molecule has 0 heterocycles. The fraction of sp³-hybridized carbons (Fsp3) is 0. The highest BCUT2D eigenvalue weighted by Gasteiger charge is 1.90. The molecule has 0 bridgehead atoms. The highest BCUT2D eigenvalue weighted by molar-refractivity contribution is 5.70. The van der Waals surface area contributed by atoms with Gasteiger partial charge in [-0.05, 0) is 28.4 Å². The maximum atomic E-state index is 10.2.